The number of amides is 1. The Hall–Kier alpha value is -2.36. The summed E-state index contributed by atoms with van der Waals surface area (Å²) in [5.74, 6) is 0.738. The van der Waals surface area contributed by atoms with Gasteiger partial charge in [0.15, 0.2) is 0 Å². The normalized spacial score (nSPS) is 11.9. The second-order valence-corrected chi connectivity index (χ2v) is 5.84. The van der Waals surface area contributed by atoms with Gasteiger partial charge in [0.05, 0.1) is 18.8 Å². The van der Waals surface area contributed by atoms with Crippen molar-refractivity contribution in [1.82, 2.24) is 10.3 Å². The van der Waals surface area contributed by atoms with Gasteiger partial charge in [0.2, 0.25) is 0 Å². The molecule has 0 aliphatic carbocycles. The predicted molar refractivity (Wildman–Crippen MR) is 91.9 cm³/mol. The number of pyridine rings is 1. The molecule has 0 spiro atoms. The number of nitrogens with one attached hydrogen (secondary N) is 1. The monoisotopic (exact) mass is 312 g/mol. The highest BCUT2D eigenvalue weighted by Crippen LogP contribution is 2.25. The van der Waals surface area contributed by atoms with E-state index in [1.807, 2.05) is 58.2 Å². The molecule has 1 N–H and O–H groups in total. The Bertz CT molecular complexity index is 670. The molecule has 1 heterocycles. The molecule has 1 aromatic heterocycles. The molecule has 2 aromatic rings. The quantitative estimate of drug-likeness (QED) is 0.911. The summed E-state index contributed by atoms with van der Waals surface area (Å²) in [5.41, 5.74) is 4.55. The summed E-state index contributed by atoms with van der Waals surface area (Å²) in [4.78, 5) is 17.0. The topological polar surface area (TPSA) is 51.2 Å². The van der Waals surface area contributed by atoms with Crippen LogP contribution in [0.1, 0.15) is 52.1 Å². The van der Waals surface area contributed by atoms with Crippen molar-refractivity contribution in [2.75, 3.05) is 7.11 Å². The maximum absolute atomic E-state index is 12.6. The molecule has 1 unspecified atom stereocenters. The van der Waals surface area contributed by atoms with Gasteiger partial charge in [0.25, 0.3) is 5.91 Å². The van der Waals surface area contributed by atoms with E-state index in [1.54, 1.807) is 7.11 Å². The first kappa shape index (κ1) is 17.0. The molecule has 23 heavy (non-hydrogen) atoms. The van der Waals surface area contributed by atoms with Crippen LogP contribution in [0.5, 0.6) is 5.75 Å². The summed E-state index contributed by atoms with van der Waals surface area (Å²) in [7, 11) is 1.64. The third-order valence-electron chi connectivity index (χ3n) is 3.93. The smallest absolute Gasteiger partial charge is 0.251 e. The molecular weight excluding hydrogens is 288 g/mol. The lowest BCUT2D eigenvalue weighted by Crippen LogP contribution is -2.29. The number of benzene rings is 1. The van der Waals surface area contributed by atoms with Crippen LogP contribution in [0.4, 0.5) is 0 Å². The molecule has 1 aromatic carbocycles. The third-order valence-corrected chi connectivity index (χ3v) is 3.93. The lowest BCUT2D eigenvalue weighted by molar-refractivity contribution is 0.0934. The van der Waals surface area contributed by atoms with Crippen molar-refractivity contribution in [3.63, 3.8) is 0 Å². The van der Waals surface area contributed by atoms with Crippen LogP contribution < -0.4 is 10.1 Å². The summed E-state index contributed by atoms with van der Waals surface area (Å²) < 4.78 is 5.35. The van der Waals surface area contributed by atoms with Crippen LogP contribution in [0, 0.1) is 20.8 Å². The first-order chi connectivity index (χ1) is 11.0. The fourth-order valence-corrected chi connectivity index (χ4v) is 2.72. The fraction of sp³-hybridized carbons (Fsp3) is 0.368. The standard InChI is InChI=1S/C19H24N2O2/c1-6-16(17-8-7-12(2)11-20-17)21-19(22)15-9-13(3)18(23-5)14(4)10-15/h7-11,16H,6H2,1-5H3,(H,21,22). The predicted octanol–water partition coefficient (Wildman–Crippen LogP) is 3.90. The van der Waals surface area contributed by atoms with Crippen LogP contribution in [0.25, 0.3) is 0 Å². The zero-order valence-corrected chi connectivity index (χ0v) is 14.4. The Labute approximate surface area is 137 Å². The van der Waals surface area contributed by atoms with E-state index in [-0.39, 0.29) is 11.9 Å². The van der Waals surface area contributed by atoms with E-state index in [2.05, 4.69) is 10.3 Å². The molecule has 0 saturated heterocycles. The number of carbonyl (C=O) groups is 1. The molecule has 4 heteroatoms. The molecule has 122 valence electrons. The number of carbonyl (C=O) groups excluding carboxylic acids is 1. The van der Waals surface area contributed by atoms with Crippen molar-refractivity contribution in [3.05, 3.63) is 58.4 Å². The van der Waals surface area contributed by atoms with Crippen LogP contribution in [0.2, 0.25) is 0 Å². The highest BCUT2D eigenvalue weighted by atomic mass is 16.5. The molecule has 4 nitrogen and oxygen atoms in total. The number of hydrogen-bond donors (Lipinski definition) is 1. The number of hydrogen-bond acceptors (Lipinski definition) is 3. The van der Waals surface area contributed by atoms with Gasteiger partial charge in [-0.15, -0.1) is 0 Å². The van der Waals surface area contributed by atoms with Gasteiger partial charge < -0.3 is 10.1 Å². The van der Waals surface area contributed by atoms with Gasteiger partial charge in [-0.05, 0) is 62.1 Å². The second-order valence-electron chi connectivity index (χ2n) is 5.84. The van der Waals surface area contributed by atoms with E-state index in [0.29, 0.717) is 5.56 Å². The molecule has 1 amide bonds. The van der Waals surface area contributed by atoms with Crippen molar-refractivity contribution < 1.29 is 9.53 Å². The lowest BCUT2D eigenvalue weighted by Gasteiger charge is -2.18. The first-order valence-electron chi connectivity index (χ1n) is 7.85. The number of aromatic nitrogens is 1. The third kappa shape index (κ3) is 3.89. The van der Waals surface area contributed by atoms with Crippen molar-refractivity contribution in [3.8, 4) is 5.75 Å². The first-order valence-corrected chi connectivity index (χ1v) is 7.85. The van der Waals surface area contributed by atoms with Crippen LogP contribution in [0.3, 0.4) is 0 Å². The molecule has 0 aliphatic rings. The van der Waals surface area contributed by atoms with Gasteiger partial charge in [-0.25, -0.2) is 0 Å². The van der Waals surface area contributed by atoms with Gasteiger partial charge in [-0.1, -0.05) is 13.0 Å². The van der Waals surface area contributed by atoms with Crippen molar-refractivity contribution in [1.29, 1.82) is 0 Å². The highest BCUT2D eigenvalue weighted by molar-refractivity contribution is 5.95. The number of rotatable bonds is 5. The maximum Gasteiger partial charge on any atom is 0.251 e. The number of aryl methyl sites for hydroxylation is 3. The SMILES string of the molecule is CCC(NC(=O)c1cc(C)c(OC)c(C)c1)c1ccc(C)cn1. The van der Waals surface area contributed by atoms with E-state index in [1.165, 1.54) is 0 Å². The molecule has 0 radical (unpaired) electrons. The highest BCUT2D eigenvalue weighted by Gasteiger charge is 2.17. The summed E-state index contributed by atoms with van der Waals surface area (Å²) in [6.45, 7) is 7.93. The lowest BCUT2D eigenvalue weighted by atomic mass is 10.0. The van der Waals surface area contributed by atoms with Crippen LogP contribution in [0.15, 0.2) is 30.5 Å². The van der Waals surface area contributed by atoms with Gasteiger partial charge in [0, 0.05) is 11.8 Å². The van der Waals surface area contributed by atoms with E-state index < -0.39 is 0 Å². The molecule has 0 bridgehead atoms. The summed E-state index contributed by atoms with van der Waals surface area (Å²) in [6, 6.07) is 7.60. The van der Waals surface area contributed by atoms with Crippen molar-refractivity contribution in [2.45, 2.75) is 40.2 Å². The van der Waals surface area contributed by atoms with Crippen LogP contribution in [-0.4, -0.2) is 18.0 Å². The van der Waals surface area contributed by atoms with Crippen molar-refractivity contribution >= 4 is 5.91 Å². The zero-order chi connectivity index (χ0) is 17.0. The second kappa shape index (κ2) is 7.27. The zero-order valence-electron chi connectivity index (χ0n) is 14.4. The average molecular weight is 312 g/mol. The largest absolute Gasteiger partial charge is 0.496 e. The Balaban J connectivity index is 2.21. The molecule has 0 saturated carbocycles. The minimum absolute atomic E-state index is 0.0897. The molecular formula is C19H24N2O2. The number of ether oxygens (including phenoxy) is 1. The molecule has 1 atom stereocenters. The number of nitrogens with zero attached hydrogens (tertiary/aromatic N) is 1. The van der Waals surface area contributed by atoms with Gasteiger partial charge in [0.1, 0.15) is 5.75 Å². The average Bonchev–Trinajstić information content (AvgIpc) is 2.53. The summed E-state index contributed by atoms with van der Waals surface area (Å²) >= 11 is 0. The summed E-state index contributed by atoms with van der Waals surface area (Å²) in [6.07, 6.45) is 2.61. The van der Waals surface area contributed by atoms with E-state index in [4.69, 9.17) is 4.74 Å². The maximum atomic E-state index is 12.6. The Morgan fingerprint density at radius 1 is 1.22 bits per heavy atom. The van der Waals surface area contributed by atoms with Gasteiger partial charge in [-0.2, -0.15) is 0 Å². The number of methoxy groups -OCH3 is 1. The molecule has 0 aliphatic heterocycles. The van der Waals surface area contributed by atoms with Gasteiger partial charge in [-0.3, -0.25) is 9.78 Å². The van der Waals surface area contributed by atoms with Crippen molar-refractivity contribution in [2.24, 2.45) is 0 Å². The van der Waals surface area contributed by atoms with Crippen LogP contribution >= 0.6 is 0 Å². The van der Waals surface area contributed by atoms with Crippen LogP contribution in [-0.2, 0) is 0 Å². The Morgan fingerprint density at radius 3 is 2.35 bits per heavy atom. The Morgan fingerprint density at radius 2 is 1.87 bits per heavy atom. The molecule has 2 rings (SSSR count). The molecule has 0 fully saturated rings. The Kier molecular flexibility index (Phi) is 5.37. The fourth-order valence-electron chi connectivity index (χ4n) is 2.72. The van der Waals surface area contributed by atoms with Gasteiger partial charge >= 0.3 is 0 Å². The minimum atomic E-state index is -0.0918. The minimum Gasteiger partial charge on any atom is -0.496 e. The van der Waals surface area contributed by atoms with E-state index in [9.17, 15) is 4.79 Å². The van der Waals surface area contributed by atoms with E-state index in [0.717, 1.165) is 34.6 Å². The summed E-state index contributed by atoms with van der Waals surface area (Å²) in [5, 5.41) is 3.07. The van der Waals surface area contributed by atoms with E-state index >= 15 is 0 Å².